The molecule has 5 nitrogen and oxygen atoms in total. The van der Waals surface area contributed by atoms with Crippen molar-refractivity contribution < 1.29 is 13.9 Å². The molecule has 2 aromatic carbocycles. The molecule has 6 rings (SSSR count). The molecule has 2 bridgehead atoms. The summed E-state index contributed by atoms with van der Waals surface area (Å²) >= 11 is 0. The fourth-order valence-electron chi connectivity index (χ4n) is 5.69. The van der Waals surface area contributed by atoms with Gasteiger partial charge in [0.05, 0.1) is 6.04 Å². The predicted octanol–water partition coefficient (Wildman–Crippen LogP) is 5.66. The molecule has 0 N–H and O–H groups in total. The maximum atomic E-state index is 14.1. The van der Waals surface area contributed by atoms with Crippen LogP contribution in [0.2, 0.25) is 0 Å². The van der Waals surface area contributed by atoms with Crippen molar-refractivity contribution in [2.45, 2.75) is 37.3 Å². The summed E-state index contributed by atoms with van der Waals surface area (Å²) in [4.78, 5) is 18.9. The van der Waals surface area contributed by atoms with Crippen molar-refractivity contribution >= 4 is 11.7 Å². The minimum Gasteiger partial charge on any atom is -0.448 e. The van der Waals surface area contributed by atoms with Crippen molar-refractivity contribution in [2.24, 2.45) is 0 Å². The fourth-order valence-corrected chi connectivity index (χ4v) is 5.69. The maximum Gasteiger partial charge on any atom is 0.410 e. The summed E-state index contributed by atoms with van der Waals surface area (Å²) in [7, 11) is 0. The average molecular weight is 452 g/mol. The van der Waals surface area contributed by atoms with E-state index < -0.39 is 5.82 Å². The van der Waals surface area contributed by atoms with Crippen LogP contribution in [0.25, 0.3) is 16.7 Å². The molecule has 0 saturated carbocycles. The van der Waals surface area contributed by atoms with Crippen molar-refractivity contribution in [1.29, 1.82) is 5.26 Å². The molecule has 2 unspecified atom stereocenters. The Morgan fingerprint density at radius 3 is 2.47 bits per heavy atom. The standard InChI is InChI=1S/C28H22FN3O2/c29-26-13-18(15-31-27(26)14-30)17-11-19-9-10-20(12-17)32(19)28(33)34-16-25-23-7-3-1-5-21(23)22-6-2-4-8-24(22)25/h1-8,11,13,15,19-20,25H,9-10,12,16H2. The molecule has 6 heteroatoms. The molecule has 3 aromatic rings. The zero-order valence-electron chi connectivity index (χ0n) is 18.4. The van der Waals surface area contributed by atoms with Gasteiger partial charge in [0.2, 0.25) is 0 Å². The lowest BCUT2D eigenvalue weighted by molar-refractivity contribution is 0.0866. The van der Waals surface area contributed by atoms with Crippen molar-refractivity contribution in [3.63, 3.8) is 0 Å². The fraction of sp³-hybridized carbons (Fsp3) is 0.250. The number of fused-ring (bicyclic) bond motifs is 5. The van der Waals surface area contributed by atoms with Gasteiger partial charge in [0.15, 0.2) is 11.5 Å². The first-order chi connectivity index (χ1) is 16.6. The van der Waals surface area contributed by atoms with Gasteiger partial charge in [-0.1, -0.05) is 54.6 Å². The van der Waals surface area contributed by atoms with Gasteiger partial charge >= 0.3 is 6.09 Å². The third kappa shape index (κ3) is 3.28. The van der Waals surface area contributed by atoms with E-state index in [1.54, 1.807) is 6.07 Å². The number of rotatable bonds is 3. The Kier molecular flexibility index (Phi) is 4.91. The monoisotopic (exact) mass is 451 g/mol. The highest BCUT2D eigenvalue weighted by atomic mass is 19.1. The highest BCUT2D eigenvalue weighted by Crippen LogP contribution is 2.45. The third-order valence-electron chi connectivity index (χ3n) is 7.26. The van der Waals surface area contributed by atoms with Crippen LogP contribution in [0.5, 0.6) is 0 Å². The molecule has 34 heavy (non-hydrogen) atoms. The van der Waals surface area contributed by atoms with E-state index in [-0.39, 0.29) is 29.8 Å². The first-order valence-corrected chi connectivity index (χ1v) is 11.5. The molecule has 3 heterocycles. The number of nitriles is 1. The first kappa shape index (κ1) is 20.6. The van der Waals surface area contributed by atoms with Crippen LogP contribution in [0, 0.1) is 17.1 Å². The number of hydrogen-bond donors (Lipinski definition) is 0. The second kappa shape index (κ2) is 8.11. The number of amides is 1. The van der Waals surface area contributed by atoms with Crippen LogP contribution in [0.1, 0.15) is 47.6 Å². The van der Waals surface area contributed by atoms with Crippen LogP contribution in [0.3, 0.4) is 0 Å². The number of ether oxygens (including phenoxy) is 1. The van der Waals surface area contributed by atoms with Crippen molar-refractivity contribution in [1.82, 2.24) is 9.88 Å². The van der Waals surface area contributed by atoms with E-state index in [9.17, 15) is 9.18 Å². The Labute approximate surface area is 197 Å². The number of benzene rings is 2. The van der Waals surface area contributed by atoms with Crippen LogP contribution in [-0.4, -0.2) is 34.7 Å². The van der Waals surface area contributed by atoms with Crippen LogP contribution >= 0.6 is 0 Å². The smallest absolute Gasteiger partial charge is 0.410 e. The van der Waals surface area contributed by atoms with E-state index in [0.29, 0.717) is 18.6 Å². The summed E-state index contributed by atoms with van der Waals surface area (Å²) in [5, 5.41) is 8.92. The third-order valence-corrected chi connectivity index (χ3v) is 7.26. The van der Waals surface area contributed by atoms with Gasteiger partial charge in [0.1, 0.15) is 12.7 Å². The van der Waals surface area contributed by atoms with Crippen molar-refractivity contribution in [3.05, 3.63) is 95.1 Å². The zero-order chi connectivity index (χ0) is 23.2. The second-order valence-corrected chi connectivity index (χ2v) is 9.07. The van der Waals surface area contributed by atoms with Gasteiger partial charge in [-0.15, -0.1) is 0 Å². The van der Waals surface area contributed by atoms with Crippen LogP contribution < -0.4 is 0 Å². The molecule has 2 aliphatic heterocycles. The molecule has 3 aliphatic rings. The van der Waals surface area contributed by atoms with E-state index >= 15 is 0 Å². The van der Waals surface area contributed by atoms with Gasteiger partial charge in [0, 0.05) is 18.2 Å². The van der Waals surface area contributed by atoms with Crippen molar-refractivity contribution in [2.75, 3.05) is 6.61 Å². The van der Waals surface area contributed by atoms with Gasteiger partial charge < -0.3 is 4.74 Å². The molecule has 1 amide bonds. The summed E-state index contributed by atoms with van der Waals surface area (Å²) in [5.41, 5.74) is 6.21. The summed E-state index contributed by atoms with van der Waals surface area (Å²) in [6.45, 7) is 0.296. The van der Waals surface area contributed by atoms with Crippen LogP contribution in [-0.2, 0) is 4.74 Å². The van der Waals surface area contributed by atoms with Gasteiger partial charge in [-0.25, -0.2) is 14.2 Å². The van der Waals surface area contributed by atoms with Gasteiger partial charge in [-0.2, -0.15) is 5.26 Å². The predicted molar refractivity (Wildman–Crippen MR) is 125 cm³/mol. The average Bonchev–Trinajstić information content (AvgIpc) is 3.33. The largest absolute Gasteiger partial charge is 0.448 e. The molecule has 0 radical (unpaired) electrons. The quantitative estimate of drug-likeness (QED) is 0.515. The lowest BCUT2D eigenvalue weighted by Crippen LogP contribution is -2.43. The molecular formula is C28H22FN3O2. The van der Waals surface area contributed by atoms with E-state index in [0.717, 1.165) is 18.4 Å². The molecule has 168 valence electrons. The van der Waals surface area contributed by atoms with E-state index in [2.05, 4.69) is 29.2 Å². The van der Waals surface area contributed by atoms with Crippen LogP contribution in [0.4, 0.5) is 9.18 Å². The zero-order valence-corrected chi connectivity index (χ0v) is 18.4. The van der Waals surface area contributed by atoms with Gasteiger partial charge in [0.25, 0.3) is 0 Å². The highest BCUT2D eigenvalue weighted by molar-refractivity contribution is 5.79. The Morgan fingerprint density at radius 2 is 1.82 bits per heavy atom. The van der Waals surface area contributed by atoms with E-state index in [1.807, 2.05) is 35.2 Å². The molecule has 1 fully saturated rings. The lowest BCUT2D eigenvalue weighted by Gasteiger charge is -2.33. The molecule has 1 saturated heterocycles. The maximum absolute atomic E-state index is 14.1. The first-order valence-electron chi connectivity index (χ1n) is 11.5. The number of pyridine rings is 1. The number of carbonyl (C=O) groups excluding carboxylic acids is 1. The van der Waals surface area contributed by atoms with Crippen LogP contribution in [0.15, 0.2) is 66.9 Å². The summed E-state index contributed by atoms with van der Waals surface area (Å²) in [6, 6.07) is 19.6. The molecule has 1 aliphatic carbocycles. The Morgan fingerprint density at radius 1 is 1.12 bits per heavy atom. The summed E-state index contributed by atoms with van der Waals surface area (Å²) < 4.78 is 20.0. The highest BCUT2D eigenvalue weighted by Gasteiger charge is 2.41. The SMILES string of the molecule is N#Cc1ncc(C2=CC3CCC(C2)N3C(=O)OCC2c3ccccc3-c3ccccc32)cc1F. The lowest BCUT2D eigenvalue weighted by atomic mass is 9.96. The molecule has 0 spiro atoms. The molecular weight excluding hydrogens is 429 g/mol. The molecule has 1 aromatic heterocycles. The minimum absolute atomic E-state index is 0.0133. The number of carbonyl (C=O) groups is 1. The topological polar surface area (TPSA) is 66.2 Å². The number of nitrogens with zero attached hydrogens (tertiary/aromatic N) is 3. The normalized spacial score (nSPS) is 20.4. The Balaban J connectivity index is 1.20. The minimum atomic E-state index is -0.618. The number of halogens is 1. The second-order valence-electron chi connectivity index (χ2n) is 9.07. The van der Waals surface area contributed by atoms with Gasteiger partial charge in [-0.3, -0.25) is 4.90 Å². The van der Waals surface area contributed by atoms with Gasteiger partial charge in [-0.05, 0) is 58.7 Å². The van der Waals surface area contributed by atoms with E-state index in [1.165, 1.54) is 34.5 Å². The summed E-state index contributed by atoms with van der Waals surface area (Å²) in [6.07, 6.45) is 5.61. The summed E-state index contributed by atoms with van der Waals surface area (Å²) in [5.74, 6) is -0.593. The number of hydrogen-bond acceptors (Lipinski definition) is 4. The Hall–Kier alpha value is -3.98. The van der Waals surface area contributed by atoms with Crippen molar-refractivity contribution in [3.8, 4) is 17.2 Å². The number of aromatic nitrogens is 1. The van der Waals surface area contributed by atoms with E-state index in [4.69, 9.17) is 10.00 Å². The molecule has 2 atom stereocenters. The Bertz CT molecular complexity index is 1330.